The largest absolute Gasteiger partial charge is 0.508 e. The molecule has 0 heterocycles. The molecular formula is C19H30O5. The molecule has 0 bridgehead atoms. The van der Waals surface area contributed by atoms with E-state index in [2.05, 4.69) is 6.92 Å². The van der Waals surface area contributed by atoms with Crippen molar-refractivity contribution in [2.24, 2.45) is 0 Å². The highest BCUT2D eigenvalue weighted by atomic mass is 16.5. The summed E-state index contributed by atoms with van der Waals surface area (Å²) in [7, 11) is 0. The maximum absolute atomic E-state index is 11.8. The van der Waals surface area contributed by atoms with Gasteiger partial charge in [-0.1, -0.05) is 64.7 Å². The molecule has 0 atom stereocenters. The SMILES string of the molecule is CCCCCCCCCCCCOC(=O)c1c(O)cc(O)cc1O. The first-order chi connectivity index (χ1) is 11.6. The average molecular weight is 338 g/mol. The monoisotopic (exact) mass is 338 g/mol. The lowest BCUT2D eigenvalue weighted by molar-refractivity contribution is 0.0491. The zero-order chi connectivity index (χ0) is 17.8. The van der Waals surface area contributed by atoms with Crippen LogP contribution in [-0.2, 0) is 4.74 Å². The number of ether oxygens (including phenoxy) is 1. The maximum atomic E-state index is 11.8. The van der Waals surface area contributed by atoms with E-state index in [1.165, 1.54) is 44.9 Å². The van der Waals surface area contributed by atoms with Crippen molar-refractivity contribution in [2.75, 3.05) is 6.61 Å². The van der Waals surface area contributed by atoms with Crippen molar-refractivity contribution in [1.29, 1.82) is 0 Å². The molecule has 0 amide bonds. The average Bonchev–Trinajstić information content (AvgIpc) is 2.51. The topological polar surface area (TPSA) is 87.0 Å². The van der Waals surface area contributed by atoms with Crippen molar-refractivity contribution in [2.45, 2.75) is 71.1 Å². The third kappa shape index (κ3) is 7.57. The quantitative estimate of drug-likeness (QED) is 0.373. The van der Waals surface area contributed by atoms with Gasteiger partial charge in [-0.15, -0.1) is 0 Å². The highest BCUT2D eigenvalue weighted by molar-refractivity contribution is 5.95. The molecule has 1 aromatic carbocycles. The lowest BCUT2D eigenvalue weighted by atomic mass is 10.1. The number of phenolic OH excluding ortho intramolecular Hbond substituents is 3. The highest BCUT2D eigenvalue weighted by Gasteiger charge is 2.19. The standard InChI is InChI=1S/C19H30O5/c1-2-3-4-5-6-7-8-9-10-11-12-24-19(23)18-16(21)13-15(20)14-17(18)22/h13-14,20-22H,2-12H2,1H3. The number of hydrogen-bond donors (Lipinski definition) is 3. The summed E-state index contributed by atoms with van der Waals surface area (Å²) in [4.78, 5) is 11.8. The molecule has 5 nitrogen and oxygen atoms in total. The molecule has 0 aromatic heterocycles. The minimum Gasteiger partial charge on any atom is -0.508 e. The van der Waals surface area contributed by atoms with Crippen LogP contribution in [0, 0.1) is 0 Å². The molecule has 1 aromatic rings. The number of unbranched alkanes of at least 4 members (excludes halogenated alkanes) is 9. The van der Waals surface area contributed by atoms with Crippen LogP contribution >= 0.6 is 0 Å². The van der Waals surface area contributed by atoms with E-state index >= 15 is 0 Å². The van der Waals surface area contributed by atoms with E-state index in [4.69, 9.17) is 4.74 Å². The van der Waals surface area contributed by atoms with Crippen LogP contribution in [0.1, 0.15) is 81.5 Å². The lowest BCUT2D eigenvalue weighted by Gasteiger charge is -2.08. The number of carbonyl (C=O) groups is 1. The van der Waals surface area contributed by atoms with E-state index in [9.17, 15) is 20.1 Å². The normalized spacial score (nSPS) is 10.7. The van der Waals surface area contributed by atoms with Crippen LogP contribution in [0.25, 0.3) is 0 Å². The molecule has 0 saturated heterocycles. The Morgan fingerprint density at radius 3 is 1.79 bits per heavy atom. The lowest BCUT2D eigenvalue weighted by Crippen LogP contribution is -2.07. The molecule has 0 spiro atoms. The summed E-state index contributed by atoms with van der Waals surface area (Å²) >= 11 is 0. The van der Waals surface area contributed by atoms with Gasteiger partial charge in [0, 0.05) is 12.1 Å². The fourth-order valence-electron chi connectivity index (χ4n) is 2.63. The van der Waals surface area contributed by atoms with Crippen molar-refractivity contribution >= 4 is 5.97 Å². The molecule has 1 rings (SSSR count). The summed E-state index contributed by atoms with van der Waals surface area (Å²) in [6, 6.07) is 1.99. The van der Waals surface area contributed by atoms with Crippen LogP contribution in [0.2, 0.25) is 0 Å². The van der Waals surface area contributed by atoms with E-state index in [0.29, 0.717) is 0 Å². The molecule has 0 aliphatic carbocycles. The Bertz CT molecular complexity index is 476. The first-order valence-electron chi connectivity index (χ1n) is 8.98. The number of benzene rings is 1. The van der Waals surface area contributed by atoms with Crippen molar-refractivity contribution < 1.29 is 24.9 Å². The molecule has 0 aliphatic heterocycles. The van der Waals surface area contributed by atoms with Crippen molar-refractivity contribution in [1.82, 2.24) is 0 Å². The molecule has 3 N–H and O–H groups in total. The van der Waals surface area contributed by atoms with Gasteiger partial charge in [0.25, 0.3) is 0 Å². The predicted octanol–water partition coefficient (Wildman–Crippen LogP) is 4.88. The molecule has 24 heavy (non-hydrogen) atoms. The maximum Gasteiger partial charge on any atom is 0.345 e. The second kappa shape index (κ2) is 11.6. The van der Waals surface area contributed by atoms with Gasteiger partial charge in [-0.2, -0.15) is 0 Å². The Labute approximate surface area is 144 Å². The second-order valence-electron chi connectivity index (χ2n) is 6.18. The van der Waals surface area contributed by atoms with Crippen LogP contribution in [0.15, 0.2) is 12.1 Å². The van der Waals surface area contributed by atoms with Gasteiger partial charge in [-0.05, 0) is 6.42 Å². The Kier molecular flexibility index (Phi) is 9.73. The van der Waals surface area contributed by atoms with Crippen molar-refractivity contribution in [3.63, 3.8) is 0 Å². The molecule has 0 aliphatic rings. The summed E-state index contributed by atoms with van der Waals surface area (Å²) in [6.45, 7) is 2.48. The van der Waals surface area contributed by atoms with Crippen LogP contribution in [0.4, 0.5) is 0 Å². The van der Waals surface area contributed by atoms with Gasteiger partial charge in [-0.3, -0.25) is 0 Å². The summed E-state index contributed by atoms with van der Waals surface area (Å²) < 4.78 is 5.06. The van der Waals surface area contributed by atoms with Gasteiger partial charge in [0.1, 0.15) is 22.8 Å². The first-order valence-corrected chi connectivity index (χ1v) is 8.98. The van der Waals surface area contributed by atoms with Gasteiger partial charge in [-0.25, -0.2) is 4.79 Å². The molecular weight excluding hydrogens is 308 g/mol. The van der Waals surface area contributed by atoms with Crippen LogP contribution < -0.4 is 0 Å². The smallest absolute Gasteiger partial charge is 0.345 e. The third-order valence-electron chi connectivity index (χ3n) is 4.02. The van der Waals surface area contributed by atoms with Crippen LogP contribution in [-0.4, -0.2) is 27.9 Å². The fourth-order valence-corrected chi connectivity index (χ4v) is 2.63. The number of esters is 1. The summed E-state index contributed by atoms with van der Waals surface area (Å²) in [5.41, 5.74) is -0.306. The van der Waals surface area contributed by atoms with Gasteiger partial charge in [0.15, 0.2) is 0 Å². The summed E-state index contributed by atoms with van der Waals surface area (Å²) in [5.74, 6) is -2.06. The molecule has 0 radical (unpaired) electrons. The van der Waals surface area contributed by atoms with Crippen molar-refractivity contribution in [3.8, 4) is 17.2 Å². The van der Waals surface area contributed by atoms with Crippen LogP contribution in [0.3, 0.4) is 0 Å². The second-order valence-corrected chi connectivity index (χ2v) is 6.18. The minimum atomic E-state index is -0.777. The number of phenols is 3. The van der Waals surface area contributed by atoms with E-state index in [1.54, 1.807) is 0 Å². The van der Waals surface area contributed by atoms with E-state index in [1.807, 2.05) is 0 Å². The molecule has 136 valence electrons. The summed E-state index contributed by atoms with van der Waals surface area (Å²) in [5, 5.41) is 28.4. The van der Waals surface area contributed by atoms with Gasteiger partial charge >= 0.3 is 5.97 Å². The third-order valence-corrected chi connectivity index (χ3v) is 4.02. The van der Waals surface area contributed by atoms with Crippen molar-refractivity contribution in [3.05, 3.63) is 17.7 Å². The Hall–Kier alpha value is -1.91. The molecule has 5 heteroatoms. The zero-order valence-corrected chi connectivity index (χ0v) is 14.6. The van der Waals surface area contributed by atoms with E-state index in [0.717, 1.165) is 31.4 Å². The fraction of sp³-hybridized carbons (Fsp3) is 0.632. The van der Waals surface area contributed by atoms with Gasteiger partial charge < -0.3 is 20.1 Å². The van der Waals surface area contributed by atoms with Gasteiger partial charge in [0.05, 0.1) is 6.61 Å². The summed E-state index contributed by atoms with van der Waals surface area (Å²) in [6.07, 6.45) is 11.9. The first kappa shape index (κ1) is 20.1. The number of aromatic hydroxyl groups is 3. The minimum absolute atomic E-state index is 0.259. The van der Waals surface area contributed by atoms with E-state index < -0.39 is 17.5 Å². The Morgan fingerprint density at radius 1 is 0.833 bits per heavy atom. The van der Waals surface area contributed by atoms with E-state index in [-0.39, 0.29) is 17.9 Å². The molecule has 0 saturated carbocycles. The number of carbonyl (C=O) groups excluding carboxylic acids is 1. The number of rotatable bonds is 12. The molecule has 0 fully saturated rings. The number of hydrogen-bond acceptors (Lipinski definition) is 5. The van der Waals surface area contributed by atoms with Crippen LogP contribution in [0.5, 0.6) is 17.2 Å². The Morgan fingerprint density at radius 2 is 1.29 bits per heavy atom. The Balaban J connectivity index is 2.10. The van der Waals surface area contributed by atoms with Gasteiger partial charge in [0.2, 0.25) is 0 Å². The predicted molar refractivity (Wildman–Crippen MR) is 93.6 cm³/mol. The zero-order valence-electron chi connectivity index (χ0n) is 14.6. The molecule has 0 unspecified atom stereocenters. The highest BCUT2D eigenvalue weighted by Crippen LogP contribution is 2.32.